The lowest BCUT2D eigenvalue weighted by Gasteiger charge is -1.99. The molecule has 16 heavy (non-hydrogen) atoms. The number of aromatic nitrogens is 4. The maximum Gasteiger partial charge on any atom is 0.338 e. The Balaban J connectivity index is 2.51. The molecule has 0 saturated carbocycles. The second-order valence-corrected chi connectivity index (χ2v) is 2.86. The molecule has 0 unspecified atom stereocenters. The van der Waals surface area contributed by atoms with Crippen molar-refractivity contribution in [1.82, 2.24) is 20.0 Å². The zero-order valence-electron chi connectivity index (χ0n) is 7.90. The van der Waals surface area contributed by atoms with E-state index < -0.39 is 5.97 Å². The third-order valence-electron chi connectivity index (χ3n) is 1.87. The van der Waals surface area contributed by atoms with Crippen LogP contribution in [-0.2, 0) is 0 Å². The van der Waals surface area contributed by atoms with Crippen LogP contribution in [0.2, 0.25) is 0 Å². The maximum atomic E-state index is 10.6. The molecule has 7 heteroatoms. The van der Waals surface area contributed by atoms with E-state index in [2.05, 4.69) is 15.3 Å². The highest BCUT2D eigenvalue weighted by molar-refractivity contribution is 5.86. The summed E-state index contributed by atoms with van der Waals surface area (Å²) in [5.41, 5.74) is 0.296. The van der Waals surface area contributed by atoms with Gasteiger partial charge in [0.1, 0.15) is 11.6 Å². The first kappa shape index (κ1) is 9.79. The average molecular weight is 215 g/mol. The van der Waals surface area contributed by atoms with E-state index in [0.29, 0.717) is 0 Å². The van der Waals surface area contributed by atoms with Crippen molar-refractivity contribution in [3.05, 3.63) is 35.8 Å². The predicted molar refractivity (Wildman–Crippen MR) is 50.8 cm³/mol. The molecule has 2 heterocycles. The summed E-state index contributed by atoms with van der Waals surface area (Å²) in [6, 6.07) is 3.40. The van der Waals surface area contributed by atoms with Crippen LogP contribution in [0.1, 0.15) is 15.9 Å². The Morgan fingerprint density at radius 3 is 3.00 bits per heavy atom. The number of aromatic carboxylic acids is 1. The molecule has 0 amide bonds. The SMILES string of the molecule is N#Cc1ccnnc1-n1cc(C(=O)O)cn1. The highest BCUT2D eigenvalue weighted by Crippen LogP contribution is 2.09. The minimum atomic E-state index is -1.09. The van der Waals surface area contributed by atoms with Crippen LogP contribution in [0.4, 0.5) is 0 Å². The van der Waals surface area contributed by atoms with Crippen LogP contribution in [0.3, 0.4) is 0 Å². The molecular weight excluding hydrogens is 210 g/mol. The molecule has 0 spiro atoms. The summed E-state index contributed by atoms with van der Waals surface area (Å²) in [5.74, 6) is -0.883. The molecule has 0 aliphatic rings. The van der Waals surface area contributed by atoms with Crippen molar-refractivity contribution in [2.45, 2.75) is 0 Å². The van der Waals surface area contributed by atoms with E-state index in [0.717, 1.165) is 0 Å². The Morgan fingerprint density at radius 1 is 1.56 bits per heavy atom. The second-order valence-electron chi connectivity index (χ2n) is 2.86. The van der Waals surface area contributed by atoms with Crippen LogP contribution in [0.5, 0.6) is 0 Å². The third kappa shape index (κ3) is 1.59. The monoisotopic (exact) mass is 215 g/mol. The predicted octanol–water partition coefficient (Wildman–Crippen LogP) is 0.232. The van der Waals surface area contributed by atoms with E-state index in [9.17, 15) is 4.79 Å². The van der Waals surface area contributed by atoms with E-state index in [4.69, 9.17) is 10.4 Å². The lowest BCUT2D eigenvalue weighted by atomic mass is 10.3. The molecule has 2 rings (SSSR count). The number of hydrogen-bond acceptors (Lipinski definition) is 5. The van der Waals surface area contributed by atoms with Crippen molar-refractivity contribution < 1.29 is 9.90 Å². The van der Waals surface area contributed by atoms with Crippen LogP contribution in [0.15, 0.2) is 24.7 Å². The molecule has 0 fully saturated rings. The molecule has 2 aromatic heterocycles. The highest BCUT2D eigenvalue weighted by Gasteiger charge is 2.11. The molecule has 7 nitrogen and oxygen atoms in total. The fraction of sp³-hybridized carbons (Fsp3) is 0. The fourth-order valence-corrected chi connectivity index (χ4v) is 1.13. The molecule has 0 aromatic carbocycles. The van der Waals surface area contributed by atoms with E-state index in [-0.39, 0.29) is 16.9 Å². The number of nitrogens with zero attached hydrogens (tertiary/aromatic N) is 5. The van der Waals surface area contributed by atoms with Crippen molar-refractivity contribution >= 4 is 5.97 Å². The van der Waals surface area contributed by atoms with Crippen LogP contribution in [0.25, 0.3) is 5.82 Å². The standard InChI is InChI=1S/C9H5N5O2/c10-3-6-1-2-11-13-8(6)14-5-7(4-12-14)9(15)16/h1-2,4-5H,(H,15,16). The molecule has 0 bridgehead atoms. The van der Waals surface area contributed by atoms with E-state index in [1.54, 1.807) is 0 Å². The molecule has 78 valence electrons. The topological polar surface area (TPSA) is 105 Å². The van der Waals surface area contributed by atoms with Crippen molar-refractivity contribution in [2.75, 3.05) is 0 Å². The number of carboxylic acids is 1. The Bertz CT molecular complexity index is 584. The van der Waals surface area contributed by atoms with Gasteiger partial charge in [-0.2, -0.15) is 15.5 Å². The van der Waals surface area contributed by atoms with Gasteiger partial charge in [0.25, 0.3) is 0 Å². The summed E-state index contributed by atoms with van der Waals surface area (Å²) >= 11 is 0. The van der Waals surface area contributed by atoms with Gasteiger partial charge in [-0.3, -0.25) is 0 Å². The minimum Gasteiger partial charge on any atom is -0.478 e. The first-order chi connectivity index (χ1) is 7.72. The summed E-state index contributed by atoms with van der Waals surface area (Å²) in [7, 11) is 0. The summed E-state index contributed by atoms with van der Waals surface area (Å²) in [6.45, 7) is 0. The Morgan fingerprint density at radius 2 is 2.38 bits per heavy atom. The molecule has 2 aromatic rings. The number of hydrogen-bond donors (Lipinski definition) is 1. The summed E-state index contributed by atoms with van der Waals surface area (Å²) in [4.78, 5) is 10.6. The van der Waals surface area contributed by atoms with Gasteiger partial charge in [-0.1, -0.05) is 0 Å². The molecule has 0 aliphatic heterocycles. The largest absolute Gasteiger partial charge is 0.478 e. The Hall–Kier alpha value is -2.75. The first-order valence-corrected chi connectivity index (χ1v) is 4.22. The average Bonchev–Trinajstić information content (AvgIpc) is 2.78. The summed E-state index contributed by atoms with van der Waals surface area (Å²) in [5, 5.41) is 28.7. The van der Waals surface area contributed by atoms with Gasteiger partial charge in [-0.25, -0.2) is 9.48 Å². The van der Waals surface area contributed by atoms with Crippen molar-refractivity contribution in [1.29, 1.82) is 5.26 Å². The van der Waals surface area contributed by atoms with Crippen LogP contribution in [-0.4, -0.2) is 31.1 Å². The van der Waals surface area contributed by atoms with Gasteiger partial charge in [0.2, 0.25) is 0 Å². The van der Waals surface area contributed by atoms with Crippen molar-refractivity contribution in [2.24, 2.45) is 0 Å². The van der Waals surface area contributed by atoms with Gasteiger partial charge in [0, 0.05) is 6.20 Å². The van der Waals surface area contributed by atoms with Gasteiger partial charge in [0.15, 0.2) is 5.82 Å². The van der Waals surface area contributed by atoms with Crippen LogP contribution >= 0.6 is 0 Å². The van der Waals surface area contributed by atoms with Gasteiger partial charge >= 0.3 is 5.97 Å². The molecule has 0 radical (unpaired) electrons. The van der Waals surface area contributed by atoms with Gasteiger partial charge < -0.3 is 5.11 Å². The third-order valence-corrected chi connectivity index (χ3v) is 1.87. The summed E-state index contributed by atoms with van der Waals surface area (Å²) < 4.78 is 1.20. The normalized spacial score (nSPS) is 9.69. The lowest BCUT2D eigenvalue weighted by Crippen LogP contribution is -2.02. The van der Waals surface area contributed by atoms with E-state index in [1.165, 1.54) is 29.3 Å². The Labute approximate surface area is 89.6 Å². The molecular formula is C9H5N5O2. The van der Waals surface area contributed by atoms with Gasteiger partial charge in [-0.15, -0.1) is 5.10 Å². The van der Waals surface area contributed by atoms with Crippen molar-refractivity contribution in [3.63, 3.8) is 0 Å². The van der Waals surface area contributed by atoms with Crippen molar-refractivity contribution in [3.8, 4) is 11.9 Å². The van der Waals surface area contributed by atoms with E-state index >= 15 is 0 Å². The number of nitriles is 1. The van der Waals surface area contributed by atoms with Gasteiger partial charge in [-0.05, 0) is 6.07 Å². The molecule has 0 atom stereocenters. The first-order valence-electron chi connectivity index (χ1n) is 4.22. The fourth-order valence-electron chi connectivity index (χ4n) is 1.13. The molecule has 1 N–H and O–H groups in total. The van der Waals surface area contributed by atoms with Crippen LogP contribution < -0.4 is 0 Å². The van der Waals surface area contributed by atoms with Crippen LogP contribution in [0, 0.1) is 11.3 Å². The Kier molecular flexibility index (Phi) is 2.31. The molecule has 0 saturated heterocycles. The number of carbonyl (C=O) groups is 1. The smallest absolute Gasteiger partial charge is 0.338 e. The lowest BCUT2D eigenvalue weighted by molar-refractivity contribution is 0.0697. The van der Waals surface area contributed by atoms with E-state index in [1.807, 2.05) is 6.07 Å². The summed E-state index contributed by atoms with van der Waals surface area (Å²) in [6.07, 6.45) is 3.83. The maximum absolute atomic E-state index is 10.6. The highest BCUT2D eigenvalue weighted by atomic mass is 16.4. The number of carboxylic acid groups (broad SMARTS) is 1. The quantitative estimate of drug-likeness (QED) is 0.768. The minimum absolute atomic E-state index is 0.0227. The molecule has 0 aliphatic carbocycles. The zero-order valence-corrected chi connectivity index (χ0v) is 7.90. The second kappa shape index (κ2) is 3.78. The zero-order chi connectivity index (χ0) is 11.5. The van der Waals surface area contributed by atoms with Gasteiger partial charge in [0.05, 0.1) is 18.0 Å². The number of rotatable bonds is 2.